The molecule has 21 heavy (non-hydrogen) atoms. The van der Waals surface area contributed by atoms with Gasteiger partial charge in [0.2, 0.25) is 0 Å². The SMILES string of the molecule is N#Cc1c[nH]c2c(NSc3cn(CCF)cn3)cccc12. The molecule has 5 nitrogen and oxygen atoms in total. The van der Waals surface area contributed by atoms with Crippen molar-refractivity contribution in [2.75, 3.05) is 11.4 Å². The Kier molecular flexibility index (Phi) is 3.79. The second kappa shape index (κ2) is 5.89. The summed E-state index contributed by atoms with van der Waals surface area (Å²) in [6.07, 6.45) is 5.08. The van der Waals surface area contributed by atoms with E-state index in [9.17, 15) is 4.39 Å². The van der Waals surface area contributed by atoms with Crippen LogP contribution in [0.4, 0.5) is 10.1 Å². The number of fused-ring (bicyclic) bond motifs is 1. The number of nitrogens with zero attached hydrogens (tertiary/aromatic N) is 3. The second-order valence-electron chi connectivity index (χ2n) is 4.39. The molecular formula is C14H12FN5S. The van der Waals surface area contributed by atoms with Crippen molar-refractivity contribution in [3.05, 3.63) is 42.5 Å². The zero-order valence-corrected chi connectivity index (χ0v) is 11.8. The molecule has 0 unspecified atom stereocenters. The fourth-order valence-electron chi connectivity index (χ4n) is 2.05. The maximum atomic E-state index is 12.2. The van der Waals surface area contributed by atoms with E-state index in [2.05, 4.69) is 20.8 Å². The van der Waals surface area contributed by atoms with Crippen LogP contribution in [-0.2, 0) is 6.54 Å². The molecule has 1 aromatic carbocycles. The first-order valence-electron chi connectivity index (χ1n) is 6.32. The van der Waals surface area contributed by atoms with Crippen molar-refractivity contribution in [1.29, 1.82) is 5.26 Å². The molecule has 0 amide bonds. The van der Waals surface area contributed by atoms with Gasteiger partial charge in [0, 0.05) is 29.7 Å². The minimum absolute atomic E-state index is 0.311. The van der Waals surface area contributed by atoms with Crippen LogP contribution >= 0.6 is 11.9 Å². The molecule has 7 heteroatoms. The smallest absolute Gasteiger partial charge is 0.134 e. The minimum Gasteiger partial charge on any atom is -0.358 e. The molecule has 0 bridgehead atoms. The van der Waals surface area contributed by atoms with Gasteiger partial charge < -0.3 is 14.3 Å². The van der Waals surface area contributed by atoms with E-state index < -0.39 is 6.67 Å². The van der Waals surface area contributed by atoms with E-state index in [0.717, 1.165) is 21.6 Å². The van der Waals surface area contributed by atoms with E-state index in [-0.39, 0.29) is 0 Å². The van der Waals surface area contributed by atoms with Gasteiger partial charge in [0.1, 0.15) is 17.8 Å². The molecule has 2 N–H and O–H groups in total. The molecule has 106 valence electrons. The Morgan fingerprint density at radius 2 is 2.38 bits per heavy atom. The van der Waals surface area contributed by atoms with E-state index in [1.165, 1.54) is 11.9 Å². The summed E-state index contributed by atoms with van der Waals surface area (Å²) in [5.41, 5.74) is 2.37. The number of aryl methyl sites for hydroxylation is 1. The molecule has 0 aliphatic heterocycles. The number of nitrogens with one attached hydrogen (secondary N) is 2. The van der Waals surface area contributed by atoms with Gasteiger partial charge in [-0.15, -0.1) is 0 Å². The summed E-state index contributed by atoms with van der Waals surface area (Å²) in [6.45, 7) is -0.0993. The second-order valence-corrected chi connectivity index (χ2v) is 5.21. The zero-order valence-electron chi connectivity index (χ0n) is 11.0. The third-order valence-corrected chi connectivity index (χ3v) is 3.80. The first kappa shape index (κ1) is 13.5. The number of nitriles is 1. The third-order valence-electron chi connectivity index (χ3n) is 3.05. The standard InChI is InChI=1S/C14H12FN5S/c15-4-5-20-8-13(18-9-20)21-19-12-3-1-2-11-10(6-16)7-17-14(11)12/h1-3,7-9,17,19H,4-5H2. The van der Waals surface area contributed by atoms with Crippen molar-refractivity contribution < 1.29 is 4.39 Å². The van der Waals surface area contributed by atoms with Crippen LogP contribution in [0.5, 0.6) is 0 Å². The summed E-state index contributed by atoms with van der Waals surface area (Å²) in [6, 6.07) is 7.86. The molecule has 0 saturated heterocycles. The molecule has 0 aliphatic rings. The summed E-state index contributed by atoms with van der Waals surface area (Å²) in [7, 11) is 0. The molecule has 0 fully saturated rings. The van der Waals surface area contributed by atoms with Crippen LogP contribution in [-0.4, -0.2) is 21.2 Å². The lowest BCUT2D eigenvalue weighted by molar-refractivity contribution is 0.445. The highest BCUT2D eigenvalue weighted by Gasteiger charge is 2.07. The largest absolute Gasteiger partial charge is 0.358 e. The molecule has 2 aromatic heterocycles. The van der Waals surface area contributed by atoms with E-state index in [1.807, 2.05) is 18.2 Å². The number of hydrogen-bond acceptors (Lipinski definition) is 4. The average molecular weight is 301 g/mol. The zero-order chi connectivity index (χ0) is 14.7. The molecule has 0 atom stereocenters. The van der Waals surface area contributed by atoms with Crippen LogP contribution in [0.2, 0.25) is 0 Å². The van der Waals surface area contributed by atoms with E-state index in [0.29, 0.717) is 12.1 Å². The monoisotopic (exact) mass is 301 g/mol. The first-order chi connectivity index (χ1) is 10.3. The normalized spacial score (nSPS) is 10.7. The third kappa shape index (κ3) is 2.71. The summed E-state index contributed by atoms with van der Waals surface area (Å²) in [4.78, 5) is 7.28. The van der Waals surface area contributed by atoms with E-state index in [1.54, 1.807) is 23.3 Å². The van der Waals surface area contributed by atoms with Gasteiger partial charge in [-0.05, 0) is 6.07 Å². The summed E-state index contributed by atoms with van der Waals surface area (Å²) in [5, 5.41) is 10.7. The number of H-pyrrole nitrogens is 1. The van der Waals surface area contributed by atoms with Crippen LogP contribution in [0.15, 0.2) is 41.9 Å². The van der Waals surface area contributed by atoms with E-state index >= 15 is 0 Å². The van der Waals surface area contributed by atoms with Crippen LogP contribution in [0.25, 0.3) is 10.9 Å². The fraction of sp³-hybridized carbons (Fsp3) is 0.143. The minimum atomic E-state index is -0.410. The molecular weight excluding hydrogens is 289 g/mol. The highest BCUT2D eigenvalue weighted by Crippen LogP contribution is 2.28. The Hall–Kier alpha value is -2.46. The molecule has 0 spiro atoms. The topological polar surface area (TPSA) is 69.4 Å². The van der Waals surface area contributed by atoms with Gasteiger partial charge in [-0.3, -0.25) is 0 Å². The number of para-hydroxylation sites is 1. The van der Waals surface area contributed by atoms with Crippen molar-refractivity contribution >= 4 is 28.5 Å². The summed E-state index contributed by atoms with van der Waals surface area (Å²) in [5.74, 6) is 0. The summed E-state index contributed by atoms with van der Waals surface area (Å²) < 4.78 is 17.2. The Morgan fingerprint density at radius 1 is 1.48 bits per heavy atom. The maximum absolute atomic E-state index is 12.2. The van der Waals surface area contributed by atoms with Crippen molar-refractivity contribution in [3.8, 4) is 6.07 Å². The van der Waals surface area contributed by atoms with Gasteiger partial charge in [0.25, 0.3) is 0 Å². The van der Waals surface area contributed by atoms with Crippen molar-refractivity contribution in [2.45, 2.75) is 11.6 Å². The maximum Gasteiger partial charge on any atom is 0.134 e. The number of imidazole rings is 1. The highest BCUT2D eigenvalue weighted by molar-refractivity contribution is 8.00. The number of aromatic amines is 1. The van der Waals surface area contributed by atoms with Gasteiger partial charge in [0.15, 0.2) is 0 Å². The molecule has 0 radical (unpaired) electrons. The van der Waals surface area contributed by atoms with Crippen LogP contribution in [0.1, 0.15) is 5.56 Å². The Bertz CT molecular complexity index is 801. The van der Waals surface area contributed by atoms with Gasteiger partial charge in [-0.1, -0.05) is 12.1 Å². The molecule has 2 heterocycles. The van der Waals surface area contributed by atoms with Crippen LogP contribution in [0, 0.1) is 11.3 Å². The van der Waals surface area contributed by atoms with Gasteiger partial charge in [-0.25, -0.2) is 9.37 Å². The highest BCUT2D eigenvalue weighted by atomic mass is 32.2. The predicted octanol–water partition coefficient (Wildman–Crippen LogP) is 3.32. The predicted molar refractivity (Wildman–Crippen MR) is 80.7 cm³/mol. The van der Waals surface area contributed by atoms with Crippen LogP contribution in [0.3, 0.4) is 0 Å². The number of aromatic nitrogens is 3. The van der Waals surface area contributed by atoms with E-state index in [4.69, 9.17) is 5.26 Å². The summed E-state index contributed by atoms with van der Waals surface area (Å²) >= 11 is 1.34. The number of anilines is 1. The van der Waals surface area contributed by atoms with Crippen molar-refractivity contribution in [3.63, 3.8) is 0 Å². The van der Waals surface area contributed by atoms with Crippen molar-refractivity contribution in [2.24, 2.45) is 0 Å². The van der Waals surface area contributed by atoms with Gasteiger partial charge >= 0.3 is 0 Å². The Labute approximate surface area is 124 Å². The number of benzene rings is 1. The molecule has 3 aromatic rings. The fourth-order valence-corrected chi connectivity index (χ4v) is 2.72. The lowest BCUT2D eigenvalue weighted by atomic mass is 10.2. The number of rotatable bonds is 5. The number of hydrogen-bond donors (Lipinski definition) is 2. The Balaban J connectivity index is 1.78. The first-order valence-corrected chi connectivity index (χ1v) is 7.14. The number of alkyl halides is 1. The lowest BCUT2D eigenvalue weighted by Crippen LogP contribution is -1.94. The average Bonchev–Trinajstić information content (AvgIpc) is 3.12. The van der Waals surface area contributed by atoms with Gasteiger partial charge in [0.05, 0.1) is 29.6 Å². The molecule has 3 rings (SSSR count). The molecule has 0 saturated carbocycles. The quantitative estimate of drug-likeness (QED) is 0.709. The van der Waals surface area contributed by atoms with Crippen molar-refractivity contribution in [1.82, 2.24) is 14.5 Å². The van der Waals surface area contributed by atoms with Gasteiger partial charge in [-0.2, -0.15) is 5.26 Å². The Morgan fingerprint density at radius 3 is 3.19 bits per heavy atom. The molecule has 0 aliphatic carbocycles. The van der Waals surface area contributed by atoms with Crippen LogP contribution < -0.4 is 4.72 Å². The lowest BCUT2D eigenvalue weighted by Gasteiger charge is -2.04. The number of halogens is 1.